The molecular weight excluding hydrogens is 323 g/mol. The second kappa shape index (κ2) is 6.33. The van der Waals surface area contributed by atoms with Gasteiger partial charge >= 0.3 is 0 Å². The van der Waals surface area contributed by atoms with Crippen molar-refractivity contribution in [2.24, 2.45) is 5.73 Å². The number of pyridine rings is 1. The SMILES string of the molecule is CC(C)c1cc(CN)cc(Oc2ccc(Br)c(F)c2)n1. The number of benzene rings is 1. The zero-order chi connectivity index (χ0) is 14.7. The Kier molecular flexibility index (Phi) is 4.73. The summed E-state index contributed by atoms with van der Waals surface area (Å²) in [6.45, 7) is 4.50. The molecule has 1 aromatic heterocycles. The molecule has 0 radical (unpaired) electrons. The van der Waals surface area contributed by atoms with Crippen molar-refractivity contribution in [2.75, 3.05) is 0 Å². The van der Waals surface area contributed by atoms with Crippen LogP contribution in [-0.2, 0) is 6.54 Å². The fraction of sp³-hybridized carbons (Fsp3) is 0.267. The minimum atomic E-state index is -0.374. The maximum atomic E-state index is 13.5. The molecule has 0 aliphatic carbocycles. The van der Waals surface area contributed by atoms with E-state index in [0.717, 1.165) is 11.3 Å². The average Bonchev–Trinajstić information content (AvgIpc) is 2.42. The quantitative estimate of drug-likeness (QED) is 0.900. The molecule has 0 aliphatic heterocycles. The van der Waals surface area contributed by atoms with Gasteiger partial charge in [0.1, 0.15) is 11.6 Å². The first-order valence-electron chi connectivity index (χ1n) is 6.33. The number of aromatic nitrogens is 1. The molecule has 0 spiro atoms. The first-order valence-corrected chi connectivity index (χ1v) is 7.12. The van der Waals surface area contributed by atoms with E-state index in [9.17, 15) is 4.39 Å². The summed E-state index contributed by atoms with van der Waals surface area (Å²) in [5, 5.41) is 0. The molecule has 0 aliphatic rings. The third-order valence-corrected chi connectivity index (χ3v) is 3.47. The van der Waals surface area contributed by atoms with Gasteiger partial charge < -0.3 is 10.5 Å². The van der Waals surface area contributed by atoms with E-state index in [4.69, 9.17) is 10.5 Å². The Bertz CT molecular complexity index is 617. The summed E-state index contributed by atoms with van der Waals surface area (Å²) in [4.78, 5) is 4.42. The van der Waals surface area contributed by atoms with Gasteiger partial charge in [0.25, 0.3) is 0 Å². The summed E-state index contributed by atoms with van der Waals surface area (Å²) < 4.78 is 19.5. The van der Waals surface area contributed by atoms with Crippen LogP contribution >= 0.6 is 15.9 Å². The topological polar surface area (TPSA) is 48.1 Å². The highest BCUT2D eigenvalue weighted by atomic mass is 79.9. The lowest BCUT2D eigenvalue weighted by Crippen LogP contribution is -2.02. The maximum Gasteiger partial charge on any atom is 0.219 e. The van der Waals surface area contributed by atoms with Crippen molar-refractivity contribution in [2.45, 2.75) is 26.3 Å². The van der Waals surface area contributed by atoms with Crippen LogP contribution in [0, 0.1) is 5.82 Å². The van der Waals surface area contributed by atoms with Crippen LogP contribution in [0.2, 0.25) is 0 Å². The first-order chi connectivity index (χ1) is 9.49. The smallest absolute Gasteiger partial charge is 0.219 e. The zero-order valence-corrected chi connectivity index (χ0v) is 12.9. The molecule has 5 heteroatoms. The Morgan fingerprint density at radius 2 is 2.05 bits per heavy atom. The van der Waals surface area contributed by atoms with Crippen molar-refractivity contribution in [3.05, 3.63) is 51.9 Å². The molecule has 3 nitrogen and oxygen atoms in total. The lowest BCUT2D eigenvalue weighted by Gasteiger charge is -2.11. The third-order valence-electron chi connectivity index (χ3n) is 2.82. The molecule has 0 amide bonds. The zero-order valence-electron chi connectivity index (χ0n) is 11.4. The Labute approximate surface area is 126 Å². The second-order valence-electron chi connectivity index (χ2n) is 4.78. The van der Waals surface area contributed by atoms with Gasteiger partial charge in [-0.05, 0) is 45.6 Å². The van der Waals surface area contributed by atoms with Crippen LogP contribution in [0.15, 0.2) is 34.8 Å². The minimum Gasteiger partial charge on any atom is -0.439 e. The Hall–Kier alpha value is -1.46. The van der Waals surface area contributed by atoms with E-state index in [1.807, 2.05) is 19.9 Å². The molecule has 0 bridgehead atoms. The fourth-order valence-corrected chi connectivity index (χ4v) is 1.96. The maximum absolute atomic E-state index is 13.5. The average molecular weight is 339 g/mol. The standard InChI is InChI=1S/C15H16BrFN2O/c1-9(2)14-5-10(8-18)6-15(19-14)20-11-3-4-12(16)13(17)7-11/h3-7,9H,8,18H2,1-2H3. The van der Waals surface area contributed by atoms with Crippen LogP contribution < -0.4 is 10.5 Å². The highest BCUT2D eigenvalue weighted by Crippen LogP contribution is 2.26. The molecule has 0 saturated carbocycles. The van der Waals surface area contributed by atoms with E-state index in [1.165, 1.54) is 6.07 Å². The fourth-order valence-electron chi connectivity index (χ4n) is 1.71. The van der Waals surface area contributed by atoms with Crippen molar-refractivity contribution in [1.29, 1.82) is 0 Å². The van der Waals surface area contributed by atoms with Gasteiger partial charge in [-0.1, -0.05) is 13.8 Å². The minimum absolute atomic E-state index is 0.269. The van der Waals surface area contributed by atoms with Gasteiger partial charge in [-0.15, -0.1) is 0 Å². The molecule has 0 atom stereocenters. The van der Waals surface area contributed by atoms with Gasteiger partial charge in [0, 0.05) is 24.4 Å². The van der Waals surface area contributed by atoms with Gasteiger partial charge in [0.2, 0.25) is 5.88 Å². The Morgan fingerprint density at radius 3 is 2.65 bits per heavy atom. The van der Waals surface area contributed by atoms with Gasteiger partial charge in [0.15, 0.2) is 0 Å². The van der Waals surface area contributed by atoms with Crippen molar-refractivity contribution in [1.82, 2.24) is 4.98 Å². The highest BCUT2D eigenvalue weighted by Gasteiger charge is 2.08. The largest absolute Gasteiger partial charge is 0.439 e. The van der Waals surface area contributed by atoms with E-state index in [-0.39, 0.29) is 11.7 Å². The molecule has 20 heavy (non-hydrogen) atoms. The van der Waals surface area contributed by atoms with Crippen LogP contribution in [0.3, 0.4) is 0 Å². The third kappa shape index (κ3) is 3.55. The van der Waals surface area contributed by atoms with Crippen molar-refractivity contribution in [3.8, 4) is 11.6 Å². The molecule has 0 unspecified atom stereocenters. The summed E-state index contributed by atoms with van der Waals surface area (Å²) in [7, 11) is 0. The lowest BCUT2D eigenvalue weighted by atomic mass is 10.1. The molecule has 2 N–H and O–H groups in total. The summed E-state index contributed by atoms with van der Waals surface area (Å²) in [6.07, 6.45) is 0. The molecule has 2 rings (SSSR count). The number of ether oxygens (including phenoxy) is 1. The normalized spacial score (nSPS) is 10.9. The number of nitrogens with two attached hydrogens (primary N) is 1. The summed E-state index contributed by atoms with van der Waals surface area (Å²) in [5.74, 6) is 0.729. The predicted octanol–water partition coefficient (Wildman–Crippen LogP) is 4.36. The van der Waals surface area contributed by atoms with Crippen LogP contribution in [0.5, 0.6) is 11.6 Å². The Morgan fingerprint density at radius 1 is 1.30 bits per heavy atom. The van der Waals surface area contributed by atoms with Gasteiger partial charge in [-0.2, -0.15) is 0 Å². The van der Waals surface area contributed by atoms with Crippen LogP contribution in [-0.4, -0.2) is 4.98 Å². The number of rotatable bonds is 4. The van der Waals surface area contributed by atoms with Gasteiger partial charge in [-0.25, -0.2) is 9.37 Å². The first kappa shape index (κ1) is 14.9. The van der Waals surface area contributed by atoms with Crippen molar-refractivity contribution < 1.29 is 9.13 Å². The molecule has 1 aromatic carbocycles. The lowest BCUT2D eigenvalue weighted by molar-refractivity contribution is 0.453. The molecule has 0 fully saturated rings. The van der Waals surface area contributed by atoms with Crippen LogP contribution in [0.1, 0.15) is 31.0 Å². The van der Waals surface area contributed by atoms with E-state index < -0.39 is 0 Å². The number of halogens is 2. The summed E-state index contributed by atoms with van der Waals surface area (Å²) in [6, 6.07) is 8.32. The van der Waals surface area contributed by atoms with E-state index in [2.05, 4.69) is 20.9 Å². The molecular formula is C15H16BrFN2O. The number of hydrogen-bond acceptors (Lipinski definition) is 3. The van der Waals surface area contributed by atoms with Crippen molar-refractivity contribution >= 4 is 15.9 Å². The van der Waals surface area contributed by atoms with E-state index in [0.29, 0.717) is 22.6 Å². The number of nitrogens with zero attached hydrogens (tertiary/aromatic N) is 1. The Balaban J connectivity index is 2.32. The van der Waals surface area contributed by atoms with Gasteiger partial charge in [0.05, 0.1) is 4.47 Å². The monoisotopic (exact) mass is 338 g/mol. The van der Waals surface area contributed by atoms with Crippen molar-refractivity contribution in [3.63, 3.8) is 0 Å². The summed E-state index contributed by atoms with van der Waals surface area (Å²) >= 11 is 3.11. The van der Waals surface area contributed by atoms with Crippen LogP contribution in [0.25, 0.3) is 0 Å². The molecule has 2 aromatic rings. The van der Waals surface area contributed by atoms with E-state index >= 15 is 0 Å². The molecule has 0 saturated heterocycles. The van der Waals surface area contributed by atoms with E-state index in [1.54, 1.807) is 18.2 Å². The second-order valence-corrected chi connectivity index (χ2v) is 5.63. The van der Waals surface area contributed by atoms with Crippen LogP contribution in [0.4, 0.5) is 4.39 Å². The molecule has 1 heterocycles. The number of hydrogen-bond donors (Lipinski definition) is 1. The molecule has 106 valence electrons. The highest BCUT2D eigenvalue weighted by molar-refractivity contribution is 9.10. The summed E-state index contributed by atoms with van der Waals surface area (Å²) in [5.41, 5.74) is 7.52. The predicted molar refractivity (Wildman–Crippen MR) is 80.4 cm³/mol. The van der Waals surface area contributed by atoms with Gasteiger partial charge in [-0.3, -0.25) is 0 Å².